The molecule has 1 aliphatic rings. The first-order chi connectivity index (χ1) is 16.5. The van der Waals surface area contributed by atoms with Gasteiger partial charge in [0.25, 0.3) is 5.91 Å². The van der Waals surface area contributed by atoms with Gasteiger partial charge in [-0.15, -0.1) is 11.3 Å². The van der Waals surface area contributed by atoms with Crippen molar-refractivity contribution in [3.8, 4) is 11.5 Å². The maximum atomic E-state index is 13.0. The van der Waals surface area contributed by atoms with Crippen LogP contribution < -0.4 is 20.1 Å². The SMILES string of the molecule is Cc1ccnc(N[C@@H](c2ccc3c(c2)OCO3)c2c(NC(=O)c3ccccc3)sc(C)c2C)c1. The third kappa shape index (κ3) is 4.34. The number of nitrogens with one attached hydrogen (secondary N) is 2. The van der Waals surface area contributed by atoms with Crippen LogP contribution >= 0.6 is 11.3 Å². The Morgan fingerprint density at radius 2 is 1.79 bits per heavy atom. The fraction of sp³-hybridized carbons (Fsp3) is 0.185. The summed E-state index contributed by atoms with van der Waals surface area (Å²) in [4.78, 5) is 18.7. The number of hydrogen-bond acceptors (Lipinski definition) is 6. The van der Waals surface area contributed by atoms with Crippen LogP contribution in [0.15, 0.2) is 66.9 Å². The summed E-state index contributed by atoms with van der Waals surface area (Å²) in [6.07, 6.45) is 1.79. The zero-order valence-electron chi connectivity index (χ0n) is 19.2. The van der Waals surface area contributed by atoms with Crippen molar-refractivity contribution in [2.45, 2.75) is 26.8 Å². The number of carbonyl (C=O) groups is 1. The van der Waals surface area contributed by atoms with Crippen molar-refractivity contribution in [1.29, 1.82) is 0 Å². The van der Waals surface area contributed by atoms with E-state index in [9.17, 15) is 4.79 Å². The number of pyridine rings is 1. The maximum Gasteiger partial charge on any atom is 0.256 e. The van der Waals surface area contributed by atoms with E-state index in [0.29, 0.717) is 11.3 Å². The van der Waals surface area contributed by atoms with Crippen LogP contribution in [0.4, 0.5) is 10.8 Å². The minimum atomic E-state index is -0.264. The van der Waals surface area contributed by atoms with Crippen LogP contribution in [0.1, 0.15) is 43.5 Å². The number of rotatable bonds is 6. The highest BCUT2D eigenvalue weighted by molar-refractivity contribution is 7.16. The van der Waals surface area contributed by atoms with Crippen LogP contribution in [-0.2, 0) is 0 Å². The van der Waals surface area contributed by atoms with E-state index in [2.05, 4.69) is 29.5 Å². The number of benzene rings is 2. The molecule has 0 saturated heterocycles. The topological polar surface area (TPSA) is 72.5 Å². The number of nitrogens with zero attached hydrogens (tertiary/aromatic N) is 1. The van der Waals surface area contributed by atoms with Gasteiger partial charge in [-0.05, 0) is 73.9 Å². The van der Waals surface area contributed by atoms with Gasteiger partial charge in [0, 0.05) is 22.2 Å². The lowest BCUT2D eigenvalue weighted by molar-refractivity contribution is 0.102. The molecule has 1 amide bonds. The maximum absolute atomic E-state index is 13.0. The third-order valence-electron chi connectivity index (χ3n) is 5.92. The Bertz CT molecular complexity index is 1350. The van der Waals surface area contributed by atoms with Crippen molar-refractivity contribution < 1.29 is 14.3 Å². The van der Waals surface area contributed by atoms with E-state index in [0.717, 1.165) is 43.7 Å². The van der Waals surface area contributed by atoms with Crippen LogP contribution in [0, 0.1) is 20.8 Å². The van der Waals surface area contributed by atoms with Crippen molar-refractivity contribution in [3.05, 3.63) is 99.6 Å². The summed E-state index contributed by atoms with van der Waals surface area (Å²) in [6, 6.07) is 18.9. The predicted octanol–water partition coefficient (Wildman–Crippen LogP) is 6.25. The Morgan fingerprint density at radius 1 is 1.00 bits per heavy atom. The number of fused-ring (bicyclic) bond motifs is 1. The quantitative estimate of drug-likeness (QED) is 0.348. The number of thiophene rings is 1. The van der Waals surface area contributed by atoms with E-state index in [1.807, 2.05) is 67.6 Å². The van der Waals surface area contributed by atoms with Gasteiger partial charge in [0.05, 0.1) is 6.04 Å². The first-order valence-corrected chi connectivity index (χ1v) is 11.9. The Hall–Kier alpha value is -3.84. The molecule has 0 spiro atoms. The first-order valence-electron chi connectivity index (χ1n) is 11.0. The molecule has 6 nitrogen and oxygen atoms in total. The van der Waals surface area contributed by atoms with Crippen molar-refractivity contribution in [1.82, 2.24) is 4.98 Å². The lowest BCUT2D eigenvalue weighted by Crippen LogP contribution is -2.18. The smallest absolute Gasteiger partial charge is 0.256 e. The molecule has 0 unspecified atom stereocenters. The number of anilines is 2. The fourth-order valence-corrected chi connectivity index (χ4v) is 5.12. The van der Waals surface area contributed by atoms with E-state index < -0.39 is 0 Å². The van der Waals surface area contributed by atoms with E-state index >= 15 is 0 Å². The third-order valence-corrected chi connectivity index (χ3v) is 7.06. The van der Waals surface area contributed by atoms with Crippen LogP contribution in [-0.4, -0.2) is 17.7 Å². The van der Waals surface area contributed by atoms with Gasteiger partial charge >= 0.3 is 0 Å². The van der Waals surface area contributed by atoms with Crippen LogP contribution in [0.2, 0.25) is 0 Å². The summed E-state index contributed by atoms with van der Waals surface area (Å²) < 4.78 is 11.2. The number of aryl methyl sites for hydroxylation is 2. The summed E-state index contributed by atoms with van der Waals surface area (Å²) in [5, 5.41) is 7.56. The molecule has 172 valence electrons. The van der Waals surface area contributed by atoms with Gasteiger partial charge in [-0.2, -0.15) is 0 Å². The summed E-state index contributed by atoms with van der Waals surface area (Å²) in [6.45, 7) is 6.41. The summed E-state index contributed by atoms with van der Waals surface area (Å²) in [5.74, 6) is 2.06. The second-order valence-corrected chi connectivity index (χ2v) is 9.48. The molecule has 0 radical (unpaired) electrons. The number of amides is 1. The average molecular weight is 472 g/mol. The summed E-state index contributed by atoms with van der Waals surface area (Å²) in [7, 11) is 0. The molecule has 7 heteroatoms. The highest BCUT2D eigenvalue weighted by atomic mass is 32.1. The van der Waals surface area contributed by atoms with E-state index in [1.54, 1.807) is 17.5 Å². The van der Waals surface area contributed by atoms with Gasteiger partial charge < -0.3 is 20.1 Å². The van der Waals surface area contributed by atoms with Crippen molar-refractivity contribution in [2.24, 2.45) is 0 Å². The van der Waals surface area contributed by atoms with Crippen LogP contribution in [0.3, 0.4) is 0 Å². The Morgan fingerprint density at radius 3 is 2.59 bits per heavy atom. The lowest BCUT2D eigenvalue weighted by Gasteiger charge is -2.23. The number of ether oxygens (including phenoxy) is 2. The Balaban J connectivity index is 1.59. The second-order valence-electron chi connectivity index (χ2n) is 8.25. The van der Waals surface area contributed by atoms with Crippen molar-refractivity contribution in [3.63, 3.8) is 0 Å². The van der Waals surface area contributed by atoms with E-state index in [1.165, 1.54) is 0 Å². The molecule has 0 fully saturated rings. The fourth-order valence-electron chi connectivity index (χ4n) is 4.03. The molecule has 2 N–H and O–H groups in total. The number of hydrogen-bond donors (Lipinski definition) is 2. The normalized spacial score (nSPS) is 12.9. The summed E-state index contributed by atoms with van der Waals surface area (Å²) >= 11 is 1.58. The molecule has 0 bridgehead atoms. The van der Waals surface area contributed by atoms with Gasteiger partial charge in [0.15, 0.2) is 11.5 Å². The largest absolute Gasteiger partial charge is 0.454 e. The van der Waals surface area contributed by atoms with Gasteiger partial charge in [0.2, 0.25) is 6.79 Å². The molecule has 3 heterocycles. The molecule has 1 atom stereocenters. The first kappa shape index (κ1) is 22.0. The molecule has 5 rings (SSSR count). The van der Waals surface area contributed by atoms with Crippen molar-refractivity contribution in [2.75, 3.05) is 17.4 Å². The van der Waals surface area contributed by atoms with Crippen molar-refractivity contribution >= 4 is 28.1 Å². The molecular formula is C27H25N3O3S. The summed E-state index contributed by atoms with van der Waals surface area (Å²) in [5.41, 5.74) is 4.84. The second kappa shape index (κ2) is 9.19. The molecule has 4 aromatic rings. The molecular weight excluding hydrogens is 446 g/mol. The highest BCUT2D eigenvalue weighted by Crippen LogP contribution is 2.43. The minimum absolute atomic E-state index is 0.138. The van der Waals surface area contributed by atoms with Crippen LogP contribution in [0.5, 0.6) is 11.5 Å². The zero-order valence-corrected chi connectivity index (χ0v) is 20.0. The van der Waals surface area contributed by atoms with Gasteiger partial charge in [-0.3, -0.25) is 4.79 Å². The molecule has 0 aliphatic carbocycles. The Kier molecular flexibility index (Phi) is 5.94. The molecule has 34 heavy (non-hydrogen) atoms. The van der Waals surface area contributed by atoms with E-state index in [4.69, 9.17) is 9.47 Å². The van der Waals surface area contributed by atoms with Gasteiger partial charge in [-0.1, -0.05) is 24.3 Å². The molecule has 2 aromatic heterocycles. The predicted molar refractivity (Wildman–Crippen MR) is 135 cm³/mol. The monoisotopic (exact) mass is 471 g/mol. The molecule has 1 aliphatic heterocycles. The zero-order chi connectivity index (χ0) is 23.7. The van der Waals surface area contributed by atoms with Gasteiger partial charge in [0.1, 0.15) is 10.8 Å². The van der Waals surface area contributed by atoms with Crippen LogP contribution in [0.25, 0.3) is 0 Å². The molecule has 2 aromatic carbocycles. The average Bonchev–Trinajstić information content (AvgIpc) is 3.42. The lowest BCUT2D eigenvalue weighted by atomic mass is 9.96. The van der Waals surface area contributed by atoms with Gasteiger partial charge in [-0.25, -0.2) is 4.98 Å². The number of aromatic nitrogens is 1. The number of carbonyl (C=O) groups excluding carboxylic acids is 1. The van der Waals surface area contributed by atoms with E-state index in [-0.39, 0.29) is 18.7 Å². The Labute approximate surface area is 202 Å². The minimum Gasteiger partial charge on any atom is -0.454 e. The highest BCUT2D eigenvalue weighted by Gasteiger charge is 2.27. The standard InChI is InChI=1S/C27H25N3O3S/c1-16-11-12-28-23(13-16)29-25(20-9-10-21-22(14-20)33-15-32-21)24-17(2)18(3)34-27(24)30-26(31)19-7-5-4-6-8-19/h4-14,25H,15H2,1-3H3,(H,28,29)(H,30,31)/t25-/m0/s1. The molecule has 0 saturated carbocycles.